The number of nitrogens with one attached hydrogen (secondary N) is 1. The van der Waals surface area contributed by atoms with Crippen LogP contribution in [0.4, 0.5) is 10.8 Å². The average Bonchev–Trinajstić information content (AvgIpc) is 2.70. The smallest absolute Gasteiger partial charge is 0.197 e. The maximum atomic E-state index is 5.71. The van der Waals surface area contributed by atoms with Crippen molar-refractivity contribution in [2.45, 2.75) is 13.5 Å². The summed E-state index contributed by atoms with van der Waals surface area (Å²) in [4.78, 5) is 7.97. The summed E-state index contributed by atoms with van der Waals surface area (Å²) in [5, 5.41) is 4.02. The Hall–Kier alpha value is -1.89. The van der Waals surface area contributed by atoms with Crippen molar-refractivity contribution in [3.63, 3.8) is 0 Å². The molecule has 2 rings (SSSR count). The van der Waals surface area contributed by atoms with E-state index in [4.69, 9.17) is 10.5 Å². The molecule has 0 saturated carbocycles. The second kappa shape index (κ2) is 5.44. The molecule has 0 spiro atoms. The molecule has 2 aromatic rings. The van der Waals surface area contributed by atoms with Crippen molar-refractivity contribution in [1.29, 1.82) is 0 Å². The molecule has 0 aliphatic carbocycles. The molecule has 17 heavy (non-hydrogen) atoms. The van der Waals surface area contributed by atoms with Crippen LogP contribution in [0.1, 0.15) is 12.6 Å². The number of anilines is 2. The Morgan fingerprint density at radius 3 is 3.12 bits per heavy atom. The number of ether oxygens (including phenoxy) is 1. The van der Waals surface area contributed by atoms with Crippen LogP contribution < -0.4 is 15.8 Å². The van der Waals surface area contributed by atoms with Crippen molar-refractivity contribution < 1.29 is 4.74 Å². The van der Waals surface area contributed by atoms with E-state index in [1.54, 1.807) is 6.20 Å². The first-order chi connectivity index (χ1) is 8.31. The number of nitrogens with zero attached hydrogens (tertiary/aromatic N) is 3. The third-order valence-electron chi connectivity index (χ3n) is 2.04. The zero-order valence-electron chi connectivity index (χ0n) is 9.38. The third-order valence-corrected chi connectivity index (χ3v) is 2.84. The highest BCUT2D eigenvalue weighted by Crippen LogP contribution is 2.35. The molecule has 0 aliphatic heterocycles. The maximum Gasteiger partial charge on any atom is 0.197 e. The lowest BCUT2D eigenvalue weighted by molar-refractivity contribution is 0.344. The summed E-state index contributed by atoms with van der Waals surface area (Å²) in [6, 6.07) is 1.84. The standard InChI is InChI=1S/C10H13N5OS/c1-2-16-8-9(11)15-17-10(8)13-5-7-3-4-12-6-14-7/h3-4,6,13H,2,5H2,1H3,(H2,11,15). The molecule has 3 N–H and O–H groups in total. The van der Waals surface area contributed by atoms with Gasteiger partial charge in [-0.2, -0.15) is 4.37 Å². The summed E-state index contributed by atoms with van der Waals surface area (Å²) >= 11 is 1.28. The van der Waals surface area contributed by atoms with Crippen LogP contribution in [0.3, 0.4) is 0 Å². The van der Waals surface area contributed by atoms with Crippen molar-refractivity contribution in [3.05, 3.63) is 24.3 Å². The number of nitrogens with two attached hydrogens (primary N) is 1. The minimum atomic E-state index is 0.419. The number of nitrogen functional groups attached to an aromatic ring is 1. The van der Waals surface area contributed by atoms with Crippen LogP contribution in [0, 0.1) is 0 Å². The number of aromatic nitrogens is 3. The largest absolute Gasteiger partial charge is 0.487 e. The van der Waals surface area contributed by atoms with E-state index in [1.165, 1.54) is 17.9 Å². The highest BCUT2D eigenvalue weighted by Gasteiger charge is 2.12. The maximum absolute atomic E-state index is 5.71. The first-order valence-electron chi connectivity index (χ1n) is 5.18. The van der Waals surface area contributed by atoms with E-state index in [9.17, 15) is 0 Å². The van der Waals surface area contributed by atoms with Crippen LogP contribution in [-0.2, 0) is 6.54 Å². The summed E-state index contributed by atoms with van der Waals surface area (Å²) in [5.41, 5.74) is 6.60. The molecule has 0 atom stereocenters. The SMILES string of the molecule is CCOc1c(N)nsc1NCc1ccncn1. The van der Waals surface area contributed by atoms with Crippen LogP contribution in [0.15, 0.2) is 18.6 Å². The highest BCUT2D eigenvalue weighted by molar-refractivity contribution is 7.11. The Labute approximate surface area is 103 Å². The van der Waals surface area contributed by atoms with Crippen molar-refractivity contribution in [3.8, 4) is 5.75 Å². The first kappa shape index (κ1) is 11.6. The summed E-state index contributed by atoms with van der Waals surface area (Å²) < 4.78 is 9.47. The predicted molar refractivity (Wildman–Crippen MR) is 67.1 cm³/mol. The van der Waals surface area contributed by atoms with Gasteiger partial charge in [-0.05, 0) is 24.5 Å². The Kier molecular flexibility index (Phi) is 3.71. The predicted octanol–water partition coefficient (Wildman–Crippen LogP) is 1.53. The van der Waals surface area contributed by atoms with Gasteiger partial charge in [0.2, 0.25) is 0 Å². The van der Waals surface area contributed by atoms with Gasteiger partial charge in [-0.3, -0.25) is 0 Å². The third kappa shape index (κ3) is 2.82. The summed E-state index contributed by atoms with van der Waals surface area (Å²) in [5.74, 6) is 1.04. The molecule has 0 amide bonds. The zero-order valence-corrected chi connectivity index (χ0v) is 10.2. The van der Waals surface area contributed by atoms with Gasteiger partial charge in [0.05, 0.1) is 18.8 Å². The first-order valence-corrected chi connectivity index (χ1v) is 5.95. The van der Waals surface area contributed by atoms with Crippen molar-refractivity contribution in [1.82, 2.24) is 14.3 Å². The van der Waals surface area contributed by atoms with Gasteiger partial charge in [0.25, 0.3) is 0 Å². The van der Waals surface area contributed by atoms with E-state index in [0.29, 0.717) is 24.7 Å². The molecule has 0 fully saturated rings. The molecule has 0 aromatic carbocycles. The van der Waals surface area contributed by atoms with Gasteiger partial charge in [-0.1, -0.05) is 0 Å². The number of hydrogen-bond donors (Lipinski definition) is 2. The lowest BCUT2D eigenvalue weighted by Gasteiger charge is -2.06. The molecule has 0 aliphatic rings. The van der Waals surface area contributed by atoms with Crippen LogP contribution in [0.25, 0.3) is 0 Å². The van der Waals surface area contributed by atoms with Gasteiger partial charge in [0.15, 0.2) is 16.6 Å². The molecular weight excluding hydrogens is 238 g/mol. The van der Waals surface area contributed by atoms with Crippen LogP contribution in [0.2, 0.25) is 0 Å². The van der Waals surface area contributed by atoms with E-state index in [2.05, 4.69) is 19.7 Å². The van der Waals surface area contributed by atoms with Crippen molar-refractivity contribution in [2.75, 3.05) is 17.7 Å². The van der Waals surface area contributed by atoms with E-state index >= 15 is 0 Å². The Morgan fingerprint density at radius 2 is 2.41 bits per heavy atom. The Morgan fingerprint density at radius 1 is 1.53 bits per heavy atom. The van der Waals surface area contributed by atoms with E-state index in [1.807, 2.05) is 13.0 Å². The fourth-order valence-corrected chi connectivity index (χ4v) is 1.94. The second-order valence-electron chi connectivity index (χ2n) is 3.21. The van der Waals surface area contributed by atoms with Gasteiger partial charge < -0.3 is 15.8 Å². The average molecular weight is 251 g/mol. The molecule has 6 nitrogen and oxygen atoms in total. The van der Waals surface area contributed by atoms with Crippen molar-refractivity contribution in [2.24, 2.45) is 0 Å². The van der Waals surface area contributed by atoms with E-state index in [0.717, 1.165) is 10.7 Å². The summed E-state index contributed by atoms with van der Waals surface area (Å²) in [7, 11) is 0. The quantitative estimate of drug-likeness (QED) is 0.838. The van der Waals surface area contributed by atoms with Gasteiger partial charge in [-0.25, -0.2) is 9.97 Å². The van der Waals surface area contributed by atoms with Crippen LogP contribution in [0.5, 0.6) is 5.75 Å². The highest BCUT2D eigenvalue weighted by atomic mass is 32.1. The van der Waals surface area contributed by atoms with Gasteiger partial charge >= 0.3 is 0 Å². The van der Waals surface area contributed by atoms with Crippen LogP contribution >= 0.6 is 11.5 Å². The molecule has 0 radical (unpaired) electrons. The fraction of sp³-hybridized carbons (Fsp3) is 0.300. The fourth-order valence-electron chi connectivity index (χ4n) is 1.28. The molecular formula is C10H13N5OS. The molecule has 0 saturated heterocycles. The van der Waals surface area contributed by atoms with Crippen molar-refractivity contribution >= 4 is 22.4 Å². The molecule has 0 unspecified atom stereocenters. The summed E-state index contributed by atoms with van der Waals surface area (Å²) in [6.45, 7) is 3.06. The Bertz CT molecular complexity index is 473. The molecule has 2 heterocycles. The number of rotatable bonds is 5. The monoisotopic (exact) mass is 251 g/mol. The molecule has 2 aromatic heterocycles. The summed E-state index contributed by atoms with van der Waals surface area (Å²) in [6.07, 6.45) is 3.22. The normalized spacial score (nSPS) is 10.2. The number of hydrogen-bond acceptors (Lipinski definition) is 7. The minimum Gasteiger partial charge on any atom is -0.487 e. The topological polar surface area (TPSA) is 86.0 Å². The lowest BCUT2D eigenvalue weighted by Crippen LogP contribution is -2.03. The zero-order chi connectivity index (χ0) is 12.1. The van der Waals surface area contributed by atoms with Gasteiger partial charge in [-0.15, -0.1) is 0 Å². The van der Waals surface area contributed by atoms with E-state index < -0.39 is 0 Å². The molecule has 0 bridgehead atoms. The Balaban J connectivity index is 2.04. The van der Waals surface area contributed by atoms with Crippen LogP contribution in [-0.4, -0.2) is 20.9 Å². The van der Waals surface area contributed by atoms with E-state index in [-0.39, 0.29) is 0 Å². The molecule has 90 valence electrons. The second-order valence-corrected chi connectivity index (χ2v) is 3.99. The lowest BCUT2D eigenvalue weighted by atomic mass is 10.4. The van der Waals surface area contributed by atoms with Gasteiger partial charge in [0, 0.05) is 6.20 Å². The molecule has 7 heteroatoms. The minimum absolute atomic E-state index is 0.419. The van der Waals surface area contributed by atoms with Gasteiger partial charge in [0.1, 0.15) is 6.33 Å².